The van der Waals surface area contributed by atoms with Gasteiger partial charge in [-0.15, -0.1) is 0 Å². The molecule has 0 fully saturated rings. The molecule has 1 aliphatic rings. The number of methoxy groups -OCH3 is 1. The van der Waals surface area contributed by atoms with Gasteiger partial charge >= 0.3 is 0 Å². The molecule has 0 heterocycles. The number of ketones is 1. The lowest BCUT2D eigenvalue weighted by Gasteiger charge is -2.26. The molecular formula is C9H12O3. The van der Waals surface area contributed by atoms with E-state index >= 15 is 0 Å². The van der Waals surface area contributed by atoms with Crippen LogP contribution in [0.15, 0.2) is 23.5 Å². The molecule has 0 bridgehead atoms. The number of aliphatic hydroxyl groups is 1. The average Bonchev–Trinajstić information content (AvgIpc) is 2.01. The van der Waals surface area contributed by atoms with E-state index in [4.69, 9.17) is 4.74 Å². The highest BCUT2D eigenvalue weighted by Gasteiger charge is 2.38. The van der Waals surface area contributed by atoms with E-state index in [9.17, 15) is 9.90 Å². The number of rotatable bonds is 1. The van der Waals surface area contributed by atoms with Crippen molar-refractivity contribution in [1.29, 1.82) is 0 Å². The molecular weight excluding hydrogens is 156 g/mol. The van der Waals surface area contributed by atoms with Crippen molar-refractivity contribution in [2.75, 3.05) is 7.11 Å². The lowest BCUT2D eigenvalue weighted by Crippen LogP contribution is -2.40. The molecule has 0 saturated heterocycles. The van der Waals surface area contributed by atoms with Crippen LogP contribution < -0.4 is 0 Å². The van der Waals surface area contributed by atoms with Gasteiger partial charge in [-0.2, -0.15) is 0 Å². The van der Waals surface area contributed by atoms with Crippen molar-refractivity contribution < 1.29 is 14.6 Å². The van der Waals surface area contributed by atoms with Gasteiger partial charge < -0.3 is 9.84 Å². The second-order valence-electron chi connectivity index (χ2n) is 2.99. The molecule has 0 radical (unpaired) electrons. The molecule has 3 nitrogen and oxygen atoms in total. The Morgan fingerprint density at radius 1 is 1.50 bits per heavy atom. The topological polar surface area (TPSA) is 46.5 Å². The van der Waals surface area contributed by atoms with Crippen molar-refractivity contribution in [3.63, 3.8) is 0 Å². The van der Waals surface area contributed by atoms with E-state index in [1.165, 1.54) is 14.0 Å². The Morgan fingerprint density at radius 3 is 2.58 bits per heavy atom. The van der Waals surface area contributed by atoms with Gasteiger partial charge in [0.25, 0.3) is 0 Å². The third-order valence-electron chi connectivity index (χ3n) is 1.98. The minimum absolute atomic E-state index is 0.290. The first-order valence-corrected chi connectivity index (χ1v) is 3.70. The van der Waals surface area contributed by atoms with Crippen molar-refractivity contribution in [1.82, 2.24) is 0 Å². The van der Waals surface area contributed by atoms with Crippen LogP contribution in [-0.2, 0) is 9.53 Å². The van der Waals surface area contributed by atoms with Crippen LogP contribution in [0.25, 0.3) is 0 Å². The summed E-state index contributed by atoms with van der Waals surface area (Å²) < 4.78 is 4.87. The molecule has 0 amide bonds. The van der Waals surface area contributed by atoms with Gasteiger partial charge in [-0.1, -0.05) is 6.08 Å². The summed E-state index contributed by atoms with van der Waals surface area (Å²) in [5, 5.41) is 9.69. The second kappa shape index (κ2) is 2.75. The van der Waals surface area contributed by atoms with E-state index in [1.54, 1.807) is 19.1 Å². The van der Waals surface area contributed by atoms with Crippen LogP contribution in [0.4, 0.5) is 0 Å². The number of ether oxygens (including phenoxy) is 1. The fourth-order valence-corrected chi connectivity index (χ4v) is 1.20. The van der Waals surface area contributed by atoms with Crippen molar-refractivity contribution in [2.45, 2.75) is 19.4 Å². The highest BCUT2D eigenvalue weighted by Crippen LogP contribution is 2.25. The van der Waals surface area contributed by atoms with Crippen LogP contribution >= 0.6 is 0 Å². The molecule has 1 N–H and O–H groups in total. The Kier molecular flexibility index (Phi) is 2.06. The predicted octanol–water partition coefficient (Wildman–Crippen LogP) is 0.797. The highest BCUT2D eigenvalue weighted by atomic mass is 16.5. The maximum Gasteiger partial charge on any atom is 0.197 e. The number of hydrogen-bond acceptors (Lipinski definition) is 3. The summed E-state index contributed by atoms with van der Waals surface area (Å²) in [6.45, 7) is 3.10. The Balaban J connectivity index is 3.11. The Morgan fingerprint density at radius 2 is 2.08 bits per heavy atom. The molecule has 0 aliphatic heterocycles. The van der Waals surface area contributed by atoms with Gasteiger partial charge in [-0.05, 0) is 25.5 Å². The first kappa shape index (κ1) is 9.00. The first-order chi connectivity index (χ1) is 5.50. The number of Topliss-reactive ketones (excluding diaryl/α,β-unsaturated/α-hetero) is 1. The fourth-order valence-electron chi connectivity index (χ4n) is 1.20. The van der Waals surface area contributed by atoms with E-state index in [0.29, 0.717) is 5.57 Å². The quantitative estimate of drug-likeness (QED) is 0.629. The Bertz CT molecular complexity index is 271. The van der Waals surface area contributed by atoms with Crippen molar-refractivity contribution in [2.24, 2.45) is 0 Å². The van der Waals surface area contributed by atoms with E-state index in [0.717, 1.165) is 0 Å². The van der Waals surface area contributed by atoms with Crippen molar-refractivity contribution >= 4 is 5.78 Å². The van der Waals surface area contributed by atoms with Crippen LogP contribution in [0.5, 0.6) is 0 Å². The summed E-state index contributed by atoms with van der Waals surface area (Å²) >= 11 is 0. The predicted molar refractivity (Wildman–Crippen MR) is 44.5 cm³/mol. The zero-order valence-electron chi connectivity index (χ0n) is 7.42. The smallest absolute Gasteiger partial charge is 0.197 e. The second-order valence-corrected chi connectivity index (χ2v) is 2.99. The molecule has 0 saturated carbocycles. The molecule has 3 heteroatoms. The van der Waals surface area contributed by atoms with Gasteiger partial charge in [-0.25, -0.2) is 0 Å². The molecule has 0 aromatic heterocycles. The Hall–Kier alpha value is -1.09. The molecule has 0 aromatic rings. The maximum absolute atomic E-state index is 11.4. The van der Waals surface area contributed by atoms with Crippen LogP contribution in [0.2, 0.25) is 0 Å². The molecule has 1 rings (SSSR count). The van der Waals surface area contributed by atoms with E-state index in [-0.39, 0.29) is 11.5 Å². The minimum atomic E-state index is -1.49. The highest BCUT2D eigenvalue weighted by molar-refractivity contribution is 6.04. The number of carbonyl (C=O) groups excluding carboxylic acids is 1. The summed E-state index contributed by atoms with van der Waals surface area (Å²) in [6.07, 6.45) is 3.25. The monoisotopic (exact) mass is 168 g/mol. The van der Waals surface area contributed by atoms with Crippen LogP contribution in [-0.4, -0.2) is 23.6 Å². The Labute approximate surface area is 71.3 Å². The summed E-state index contributed by atoms with van der Waals surface area (Å²) in [4.78, 5) is 11.4. The van der Waals surface area contributed by atoms with Gasteiger partial charge in [0.05, 0.1) is 7.11 Å². The first-order valence-electron chi connectivity index (χ1n) is 3.70. The molecule has 1 unspecified atom stereocenters. The third kappa shape index (κ3) is 1.16. The van der Waals surface area contributed by atoms with E-state index < -0.39 is 5.60 Å². The normalized spacial score (nSPS) is 29.5. The molecule has 66 valence electrons. The van der Waals surface area contributed by atoms with Gasteiger partial charge in [0.1, 0.15) is 5.76 Å². The molecule has 1 aliphatic carbocycles. The fraction of sp³-hybridized carbons (Fsp3) is 0.444. The lowest BCUT2D eigenvalue weighted by molar-refractivity contribution is -0.131. The number of carbonyl (C=O) groups is 1. The molecule has 12 heavy (non-hydrogen) atoms. The lowest BCUT2D eigenvalue weighted by atomic mass is 9.89. The zero-order chi connectivity index (χ0) is 9.35. The minimum Gasteiger partial charge on any atom is -0.498 e. The summed E-state index contributed by atoms with van der Waals surface area (Å²) in [5.74, 6) is -0.0139. The van der Waals surface area contributed by atoms with Gasteiger partial charge in [0.15, 0.2) is 11.4 Å². The van der Waals surface area contributed by atoms with E-state index in [1.807, 2.05) is 0 Å². The molecule has 1 atom stereocenters. The zero-order valence-corrected chi connectivity index (χ0v) is 7.42. The molecule has 0 aromatic carbocycles. The van der Waals surface area contributed by atoms with Crippen molar-refractivity contribution in [3.05, 3.63) is 23.5 Å². The van der Waals surface area contributed by atoms with Gasteiger partial charge in [-0.3, -0.25) is 4.79 Å². The van der Waals surface area contributed by atoms with Crippen LogP contribution in [0.3, 0.4) is 0 Å². The number of hydrogen-bond donors (Lipinski definition) is 1. The number of allylic oxidation sites excluding steroid dienone is 2. The van der Waals surface area contributed by atoms with Crippen LogP contribution in [0, 0.1) is 0 Å². The van der Waals surface area contributed by atoms with Crippen molar-refractivity contribution in [3.8, 4) is 0 Å². The SMILES string of the molecule is COC1=CC=C(C)C(=O)C1(C)O. The van der Waals surface area contributed by atoms with Gasteiger partial charge in [0, 0.05) is 0 Å². The van der Waals surface area contributed by atoms with E-state index in [2.05, 4.69) is 0 Å². The summed E-state index contributed by atoms with van der Waals surface area (Å²) in [7, 11) is 1.43. The standard InChI is InChI=1S/C9H12O3/c1-6-4-5-7(12-3)9(2,11)8(6)10/h4-5,11H,1-3H3. The average molecular weight is 168 g/mol. The third-order valence-corrected chi connectivity index (χ3v) is 1.98. The summed E-state index contributed by atoms with van der Waals surface area (Å²) in [6, 6.07) is 0. The maximum atomic E-state index is 11.4. The van der Waals surface area contributed by atoms with Gasteiger partial charge in [0.2, 0.25) is 0 Å². The molecule has 0 spiro atoms. The largest absolute Gasteiger partial charge is 0.498 e. The van der Waals surface area contributed by atoms with Crippen LogP contribution in [0.1, 0.15) is 13.8 Å². The summed E-state index contributed by atoms with van der Waals surface area (Å²) in [5.41, 5.74) is -0.950.